The van der Waals surface area contributed by atoms with Crippen LogP contribution in [0.3, 0.4) is 0 Å². The van der Waals surface area contributed by atoms with Crippen molar-refractivity contribution in [1.29, 1.82) is 0 Å². The van der Waals surface area contributed by atoms with E-state index < -0.39 is 0 Å². The van der Waals surface area contributed by atoms with E-state index >= 15 is 0 Å². The van der Waals surface area contributed by atoms with Crippen LogP contribution in [-0.4, -0.2) is 30.6 Å². The van der Waals surface area contributed by atoms with Crippen LogP contribution in [0, 0.1) is 0 Å². The van der Waals surface area contributed by atoms with Crippen molar-refractivity contribution in [3.05, 3.63) is 51.5 Å². The van der Waals surface area contributed by atoms with Gasteiger partial charge in [0.1, 0.15) is 0 Å². The van der Waals surface area contributed by atoms with E-state index in [0.29, 0.717) is 6.61 Å². The minimum absolute atomic E-state index is 0.253. The van der Waals surface area contributed by atoms with E-state index in [1.165, 1.54) is 21.0 Å². The van der Waals surface area contributed by atoms with Crippen LogP contribution < -0.4 is 10.6 Å². The molecule has 2 N–H and O–H groups in total. The second kappa shape index (κ2) is 10.9. The Kier molecular flexibility index (Phi) is 8.58. The summed E-state index contributed by atoms with van der Waals surface area (Å²) in [5, 5.41) is 7.86. The quantitative estimate of drug-likeness (QED) is 0.521. The van der Waals surface area contributed by atoms with Gasteiger partial charge >= 0.3 is 0 Å². The standard InChI is InChI=1S/C20H30N4OS/c1-5-18-13-23-19(26-18)10-11-22-20(21-4)24-12-16-6-8-17(9-7-16)14-25-15(2)3/h6-9,13,15H,5,10-12,14H2,1-4H3,(H2,21,22,24). The molecule has 0 bridgehead atoms. The maximum Gasteiger partial charge on any atom is 0.191 e. The van der Waals surface area contributed by atoms with E-state index in [1.807, 2.05) is 20.0 Å². The Hall–Kier alpha value is -1.92. The monoisotopic (exact) mass is 374 g/mol. The van der Waals surface area contributed by atoms with Crippen molar-refractivity contribution in [3.8, 4) is 0 Å². The molecule has 0 saturated carbocycles. The summed E-state index contributed by atoms with van der Waals surface area (Å²) in [6.45, 7) is 8.47. The normalized spacial score (nSPS) is 11.8. The van der Waals surface area contributed by atoms with Crippen molar-refractivity contribution in [2.45, 2.75) is 52.9 Å². The summed E-state index contributed by atoms with van der Waals surface area (Å²) in [7, 11) is 1.79. The number of nitrogens with zero attached hydrogens (tertiary/aromatic N) is 2. The summed E-state index contributed by atoms with van der Waals surface area (Å²) in [5.41, 5.74) is 2.41. The van der Waals surface area contributed by atoms with Crippen LogP contribution in [0.5, 0.6) is 0 Å². The molecule has 26 heavy (non-hydrogen) atoms. The molecule has 1 aromatic heterocycles. The fourth-order valence-corrected chi connectivity index (χ4v) is 3.20. The molecule has 0 spiro atoms. The predicted octanol–water partition coefficient (Wildman–Crippen LogP) is 3.54. The van der Waals surface area contributed by atoms with Crippen molar-refractivity contribution >= 4 is 17.3 Å². The lowest BCUT2D eigenvalue weighted by Crippen LogP contribution is -2.37. The maximum atomic E-state index is 5.62. The summed E-state index contributed by atoms with van der Waals surface area (Å²) in [4.78, 5) is 10.1. The summed E-state index contributed by atoms with van der Waals surface area (Å²) in [6, 6.07) is 8.48. The third kappa shape index (κ3) is 7.14. The predicted molar refractivity (Wildman–Crippen MR) is 110 cm³/mol. The second-order valence-electron chi connectivity index (χ2n) is 6.35. The van der Waals surface area contributed by atoms with Gasteiger partial charge in [-0.05, 0) is 31.4 Å². The number of aryl methyl sites for hydroxylation is 1. The lowest BCUT2D eigenvalue weighted by atomic mass is 10.1. The minimum Gasteiger partial charge on any atom is -0.374 e. The summed E-state index contributed by atoms with van der Waals surface area (Å²) in [6.07, 6.45) is 4.19. The van der Waals surface area contributed by atoms with Gasteiger partial charge < -0.3 is 15.4 Å². The van der Waals surface area contributed by atoms with Crippen LogP contribution in [-0.2, 0) is 30.7 Å². The molecule has 1 heterocycles. The molecule has 0 aliphatic rings. The third-order valence-corrected chi connectivity index (χ3v) is 5.07. The number of guanidine groups is 1. The van der Waals surface area contributed by atoms with Gasteiger partial charge in [0, 0.05) is 37.6 Å². The maximum absolute atomic E-state index is 5.62. The summed E-state index contributed by atoms with van der Waals surface area (Å²) >= 11 is 1.79. The number of ether oxygens (including phenoxy) is 1. The van der Waals surface area contributed by atoms with Gasteiger partial charge in [0.05, 0.1) is 17.7 Å². The molecule has 0 aliphatic carbocycles. The molecule has 1 aromatic carbocycles. The van der Waals surface area contributed by atoms with Crippen LogP contribution in [0.2, 0.25) is 0 Å². The SMILES string of the molecule is CCc1cnc(CCNC(=NC)NCc2ccc(COC(C)C)cc2)s1. The fraction of sp³-hybridized carbons (Fsp3) is 0.500. The molecule has 0 atom stereocenters. The Morgan fingerprint density at radius 2 is 1.92 bits per heavy atom. The Morgan fingerprint density at radius 3 is 2.54 bits per heavy atom. The molecule has 0 radical (unpaired) electrons. The third-order valence-electron chi connectivity index (χ3n) is 3.87. The van der Waals surface area contributed by atoms with Crippen molar-refractivity contribution in [2.24, 2.45) is 4.99 Å². The highest BCUT2D eigenvalue weighted by Gasteiger charge is 2.03. The smallest absolute Gasteiger partial charge is 0.191 e. The molecule has 2 rings (SSSR count). The molecular weight excluding hydrogens is 344 g/mol. The number of aromatic nitrogens is 1. The second-order valence-corrected chi connectivity index (χ2v) is 7.55. The van der Waals surface area contributed by atoms with E-state index in [9.17, 15) is 0 Å². The molecule has 6 heteroatoms. The average Bonchev–Trinajstić information content (AvgIpc) is 3.11. The Balaban J connectivity index is 1.72. The number of benzene rings is 1. The lowest BCUT2D eigenvalue weighted by molar-refractivity contribution is 0.0657. The first kappa shape index (κ1) is 20.4. The van der Waals surface area contributed by atoms with Gasteiger partial charge in [0.25, 0.3) is 0 Å². The zero-order chi connectivity index (χ0) is 18.8. The van der Waals surface area contributed by atoms with Crippen molar-refractivity contribution < 1.29 is 4.74 Å². The highest BCUT2D eigenvalue weighted by molar-refractivity contribution is 7.11. The molecule has 0 unspecified atom stereocenters. The zero-order valence-corrected chi connectivity index (χ0v) is 17.0. The van der Waals surface area contributed by atoms with Crippen LogP contribution in [0.15, 0.2) is 35.5 Å². The van der Waals surface area contributed by atoms with Gasteiger partial charge in [-0.1, -0.05) is 31.2 Å². The highest BCUT2D eigenvalue weighted by Crippen LogP contribution is 2.13. The first-order valence-electron chi connectivity index (χ1n) is 9.18. The van der Waals surface area contributed by atoms with Crippen molar-refractivity contribution in [1.82, 2.24) is 15.6 Å². The van der Waals surface area contributed by atoms with Crippen molar-refractivity contribution in [2.75, 3.05) is 13.6 Å². The highest BCUT2D eigenvalue weighted by atomic mass is 32.1. The molecule has 2 aromatic rings. The number of hydrogen-bond donors (Lipinski definition) is 2. The number of nitrogens with one attached hydrogen (secondary N) is 2. The molecule has 0 saturated heterocycles. The number of aliphatic imine (C=N–C) groups is 1. The topological polar surface area (TPSA) is 58.5 Å². The summed E-state index contributed by atoms with van der Waals surface area (Å²) in [5.74, 6) is 0.810. The van der Waals surface area contributed by atoms with Gasteiger partial charge in [0.15, 0.2) is 5.96 Å². The average molecular weight is 375 g/mol. The first-order valence-corrected chi connectivity index (χ1v) is 9.99. The lowest BCUT2D eigenvalue weighted by Gasteiger charge is -2.12. The zero-order valence-electron chi connectivity index (χ0n) is 16.2. The number of rotatable bonds is 9. The molecule has 142 valence electrons. The van der Waals surface area contributed by atoms with E-state index in [1.54, 1.807) is 18.4 Å². The first-order chi connectivity index (χ1) is 12.6. The van der Waals surface area contributed by atoms with E-state index in [-0.39, 0.29) is 6.10 Å². The van der Waals surface area contributed by atoms with E-state index in [2.05, 4.69) is 51.8 Å². The largest absolute Gasteiger partial charge is 0.374 e. The van der Waals surface area contributed by atoms with Crippen molar-refractivity contribution in [3.63, 3.8) is 0 Å². The fourth-order valence-electron chi connectivity index (χ4n) is 2.34. The number of thiazole rings is 1. The Morgan fingerprint density at radius 1 is 1.19 bits per heavy atom. The Labute approximate surface area is 160 Å². The van der Waals surface area contributed by atoms with Crippen LogP contribution in [0.1, 0.15) is 41.8 Å². The molecular formula is C20H30N4OS. The van der Waals surface area contributed by atoms with Gasteiger partial charge in [-0.3, -0.25) is 4.99 Å². The van der Waals surface area contributed by atoms with Crippen LogP contribution in [0.25, 0.3) is 0 Å². The molecule has 0 aliphatic heterocycles. The van der Waals surface area contributed by atoms with E-state index in [0.717, 1.165) is 31.9 Å². The number of hydrogen-bond acceptors (Lipinski definition) is 4. The molecule has 0 amide bonds. The molecule has 5 nitrogen and oxygen atoms in total. The Bertz CT molecular complexity index is 679. The van der Waals surface area contributed by atoms with Gasteiger partial charge in [-0.15, -0.1) is 11.3 Å². The molecule has 0 fully saturated rings. The van der Waals surface area contributed by atoms with E-state index in [4.69, 9.17) is 4.74 Å². The summed E-state index contributed by atoms with van der Waals surface area (Å²) < 4.78 is 5.62. The van der Waals surface area contributed by atoms with Gasteiger partial charge in [-0.25, -0.2) is 4.98 Å². The minimum atomic E-state index is 0.253. The van der Waals surface area contributed by atoms with Gasteiger partial charge in [0.2, 0.25) is 0 Å². The van der Waals surface area contributed by atoms with Gasteiger partial charge in [-0.2, -0.15) is 0 Å². The van der Waals surface area contributed by atoms with Crippen LogP contribution in [0.4, 0.5) is 0 Å². The van der Waals surface area contributed by atoms with Crippen LogP contribution >= 0.6 is 11.3 Å².